The highest BCUT2D eigenvalue weighted by Crippen LogP contribution is 2.31. The number of nitrogens with zero attached hydrogens (tertiary/aromatic N) is 5. The number of rotatable bonds is 6. The molecule has 0 aliphatic carbocycles. The van der Waals surface area contributed by atoms with Crippen LogP contribution in [-0.4, -0.2) is 76.2 Å². The van der Waals surface area contributed by atoms with Crippen molar-refractivity contribution in [1.82, 2.24) is 19.8 Å². The van der Waals surface area contributed by atoms with Gasteiger partial charge in [-0.15, -0.1) is 0 Å². The third-order valence-corrected chi connectivity index (χ3v) is 7.08. The second kappa shape index (κ2) is 9.68. The monoisotopic (exact) mass is 459 g/mol. The van der Waals surface area contributed by atoms with E-state index in [1.165, 1.54) is 24.8 Å². The number of pyridine rings is 2. The average molecular weight is 460 g/mol. The van der Waals surface area contributed by atoms with E-state index in [2.05, 4.69) is 31.9 Å². The van der Waals surface area contributed by atoms with E-state index in [1.54, 1.807) is 24.3 Å². The lowest BCUT2D eigenvalue weighted by Gasteiger charge is -2.29. The van der Waals surface area contributed by atoms with Crippen LogP contribution < -0.4 is 4.90 Å². The summed E-state index contributed by atoms with van der Waals surface area (Å²) in [6, 6.07) is 13.7. The Bertz CT molecular complexity index is 1140. The van der Waals surface area contributed by atoms with Gasteiger partial charge in [-0.1, -0.05) is 18.6 Å². The number of piperidine rings is 1. The number of carbonyl (C=O) groups is 1. The van der Waals surface area contributed by atoms with Gasteiger partial charge < -0.3 is 14.9 Å². The van der Waals surface area contributed by atoms with Crippen LogP contribution >= 0.6 is 0 Å². The maximum absolute atomic E-state index is 13.1. The molecule has 2 fully saturated rings. The Morgan fingerprint density at radius 3 is 2.62 bits per heavy atom. The minimum Gasteiger partial charge on any atom is -0.386 e. The Hall–Kier alpha value is -3.03. The number of β-amino-alcohol motifs (C(OH)–C–C–N with tert-alkyl or cyclic N) is 1. The second-order valence-electron chi connectivity index (χ2n) is 9.79. The number of benzene rings is 1. The number of carbonyl (C=O) groups excluding carboxylic acids is 1. The molecule has 1 aromatic carbocycles. The van der Waals surface area contributed by atoms with Crippen LogP contribution in [0.15, 0.2) is 54.9 Å². The first-order valence-corrected chi connectivity index (χ1v) is 12.2. The van der Waals surface area contributed by atoms with Gasteiger partial charge in [0.1, 0.15) is 11.1 Å². The first kappa shape index (κ1) is 22.7. The molecule has 7 nitrogen and oxygen atoms in total. The molecule has 178 valence electrons. The summed E-state index contributed by atoms with van der Waals surface area (Å²) in [4.78, 5) is 28.2. The van der Waals surface area contributed by atoms with E-state index >= 15 is 0 Å². The van der Waals surface area contributed by atoms with E-state index in [-0.39, 0.29) is 12.5 Å². The summed E-state index contributed by atoms with van der Waals surface area (Å²) < 4.78 is 0. The maximum Gasteiger partial charge on any atom is 0.253 e. The SMILES string of the molecule is CN(C[C@@]1(O)CCN(c2ccnc3cccnc23)C1)C(=O)c1ccc(CN2CCCCC2)cc1. The summed E-state index contributed by atoms with van der Waals surface area (Å²) >= 11 is 0. The van der Waals surface area contributed by atoms with Crippen molar-refractivity contribution >= 4 is 22.6 Å². The third-order valence-electron chi connectivity index (χ3n) is 7.08. The minimum atomic E-state index is -0.969. The zero-order valence-corrected chi connectivity index (χ0v) is 19.9. The van der Waals surface area contributed by atoms with Gasteiger partial charge in [0.15, 0.2) is 0 Å². The van der Waals surface area contributed by atoms with Gasteiger partial charge in [0, 0.05) is 44.6 Å². The number of hydrogen-bond acceptors (Lipinski definition) is 6. The van der Waals surface area contributed by atoms with Crippen molar-refractivity contribution in [3.05, 3.63) is 66.0 Å². The molecule has 7 heteroatoms. The number of hydrogen-bond donors (Lipinski definition) is 1. The standard InChI is InChI=1S/C27H33N5O2/c1-30(26(33)22-9-7-21(8-10-22)18-31-15-3-2-4-16-31)19-27(34)12-17-32(20-27)24-11-14-28-23-6-5-13-29-25(23)24/h5-11,13-14,34H,2-4,12,15-20H2,1H3/t27-/m0/s1. The van der Waals surface area contributed by atoms with Gasteiger partial charge in [-0.05, 0) is 68.2 Å². The number of aromatic nitrogens is 2. The summed E-state index contributed by atoms with van der Waals surface area (Å²) in [7, 11) is 1.77. The van der Waals surface area contributed by atoms with Gasteiger partial charge in [0.05, 0.1) is 17.7 Å². The van der Waals surface area contributed by atoms with E-state index in [1.807, 2.05) is 30.3 Å². The Morgan fingerprint density at radius 1 is 1.03 bits per heavy atom. The molecule has 0 spiro atoms. The second-order valence-corrected chi connectivity index (χ2v) is 9.79. The topological polar surface area (TPSA) is 72.8 Å². The molecule has 5 rings (SSSR count). The molecule has 2 aliphatic rings. The van der Waals surface area contributed by atoms with Crippen molar-refractivity contribution in [2.45, 2.75) is 37.8 Å². The number of amides is 1. The molecule has 2 aliphatic heterocycles. The summed E-state index contributed by atoms with van der Waals surface area (Å²) in [5, 5.41) is 11.3. The Balaban J connectivity index is 1.21. The van der Waals surface area contributed by atoms with Crippen molar-refractivity contribution in [3.63, 3.8) is 0 Å². The largest absolute Gasteiger partial charge is 0.386 e. The zero-order chi connectivity index (χ0) is 23.5. The van der Waals surface area contributed by atoms with Crippen molar-refractivity contribution in [2.75, 3.05) is 44.7 Å². The molecule has 0 bridgehead atoms. The fourth-order valence-electron chi connectivity index (χ4n) is 5.27. The molecule has 1 amide bonds. The van der Waals surface area contributed by atoms with E-state index in [0.29, 0.717) is 25.1 Å². The number of fused-ring (bicyclic) bond motifs is 1. The van der Waals surface area contributed by atoms with E-state index in [0.717, 1.165) is 36.4 Å². The highest BCUT2D eigenvalue weighted by molar-refractivity contribution is 5.94. The van der Waals surface area contributed by atoms with Crippen molar-refractivity contribution in [1.29, 1.82) is 0 Å². The number of anilines is 1. The first-order valence-electron chi connectivity index (χ1n) is 12.2. The summed E-state index contributed by atoms with van der Waals surface area (Å²) in [6.45, 7) is 4.70. The number of likely N-dealkylation sites (N-methyl/N-ethyl adjacent to an activating group) is 1. The predicted octanol–water partition coefficient (Wildman–Crippen LogP) is 3.33. The molecular formula is C27H33N5O2. The van der Waals surface area contributed by atoms with Gasteiger partial charge in [-0.25, -0.2) is 0 Å². The fraction of sp³-hybridized carbons (Fsp3) is 0.444. The van der Waals surface area contributed by atoms with Crippen LogP contribution in [-0.2, 0) is 6.54 Å². The quantitative estimate of drug-likeness (QED) is 0.610. The lowest BCUT2D eigenvalue weighted by atomic mass is 10.0. The van der Waals surface area contributed by atoms with Crippen LogP contribution in [0.4, 0.5) is 5.69 Å². The van der Waals surface area contributed by atoms with Crippen molar-refractivity contribution < 1.29 is 9.90 Å². The predicted molar refractivity (Wildman–Crippen MR) is 134 cm³/mol. The highest BCUT2D eigenvalue weighted by Gasteiger charge is 2.38. The molecule has 0 radical (unpaired) electrons. The van der Waals surface area contributed by atoms with Crippen LogP contribution in [0, 0.1) is 0 Å². The molecular weight excluding hydrogens is 426 g/mol. The van der Waals surface area contributed by atoms with Crippen molar-refractivity contribution in [2.24, 2.45) is 0 Å². The summed E-state index contributed by atoms with van der Waals surface area (Å²) in [5.41, 5.74) is 3.58. The molecule has 2 aromatic heterocycles. The van der Waals surface area contributed by atoms with Crippen LogP contribution in [0.2, 0.25) is 0 Å². The number of aliphatic hydroxyl groups is 1. The normalized spacial score (nSPS) is 21.2. The Labute approximate surface area is 201 Å². The number of likely N-dealkylation sites (tertiary alicyclic amines) is 1. The van der Waals surface area contributed by atoms with Gasteiger partial charge in [0.25, 0.3) is 5.91 Å². The maximum atomic E-state index is 13.1. The molecule has 2 saturated heterocycles. The molecule has 34 heavy (non-hydrogen) atoms. The molecule has 0 unspecified atom stereocenters. The molecule has 3 aromatic rings. The van der Waals surface area contributed by atoms with E-state index in [4.69, 9.17) is 0 Å². The smallest absolute Gasteiger partial charge is 0.253 e. The Morgan fingerprint density at radius 2 is 1.82 bits per heavy atom. The van der Waals surface area contributed by atoms with Crippen molar-refractivity contribution in [3.8, 4) is 0 Å². The minimum absolute atomic E-state index is 0.0626. The third kappa shape index (κ3) is 4.91. The van der Waals surface area contributed by atoms with E-state index < -0.39 is 5.60 Å². The zero-order valence-electron chi connectivity index (χ0n) is 19.9. The van der Waals surface area contributed by atoms with Gasteiger partial charge in [-0.3, -0.25) is 19.7 Å². The van der Waals surface area contributed by atoms with Crippen LogP contribution in [0.25, 0.3) is 11.0 Å². The fourth-order valence-corrected chi connectivity index (χ4v) is 5.27. The Kier molecular flexibility index (Phi) is 6.48. The summed E-state index contributed by atoms with van der Waals surface area (Å²) in [5.74, 6) is -0.0626. The van der Waals surface area contributed by atoms with Crippen LogP contribution in [0.3, 0.4) is 0 Å². The molecule has 0 saturated carbocycles. The van der Waals surface area contributed by atoms with Gasteiger partial charge in [0.2, 0.25) is 0 Å². The molecule has 1 atom stereocenters. The lowest BCUT2D eigenvalue weighted by Crippen LogP contribution is -2.45. The highest BCUT2D eigenvalue weighted by atomic mass is 16.3. The van der Waals surface area contributed by atoms with Crippen LogP contribution in [0.5, 0.6) is 0 Å². The molecule has 4 heterocycles. The van der Waals surface area contributed by atoms with E-state index in [9.17, 15) is 9.90 Å². The summed E-state index contributed by atoms with van der Waals surface area (Å²) in [6.07, 6.45) is 8.01. The van der Waals surface area contributed by atoms with Crippen LogP contribution in [0.1, 0.15) is 41.6 Å². The van der Waals surface area contributed by atoms with Gasteiger partial charge >= 0.3 is 0 Å². The first-order chi connectivity index (χ1) is 16.5. The van der Waals surface area contributed by atoms with Gasteiger partial charge in [-0.2, -0.15) is 0 Å². The average Bonchev–Trinajstić information content (AvgIpc) is 3.25. The molecule has 1 N–H and O–H groups in total. The lowest BCUT2D eigenvalue weighted by molar-refractivity contribution is 0.0264.